The fourth-order valence-electron chi connectivity index (χ4n) is 1.73. The third kappa shape index (κ3) is 4.57. The maximum atomic E-state index is 12.0. The van der Waals surface area contributed by atoms with Gasteiger partial charge >= 0.3 is 0 Å². The van der Waals surface area contributed by atoms with Crippen molar-refractivity contribution in [3.8, 4) is 0 Å². The highest BCUT2D eigenvalue weighted by Gasteiger charge is 2.10. The molecule has 1 amide bonds. The Hall–Kier alpha value is -1.22. The number of nitrogens with one attached hydrogen (secondary N) is 2. The van der Waals surface area contributed by atoms with E-state index >= 15 is 0 Å². The van der Waals surface area contributed by atoms with E-state index in [1.165, 1.54) is 0 Å². The molecule has 100 valence electrons. The van der Waals surface area contributed by atoms with Crippen LogP contribution in [0.1, 0.15) is 37.0 Å². The van der Waals surface area contributed by atoms with Crippen LogP contribution in [0.5, 0.6) is 0 Å². The highest BCUT2D eigenvalue weighted by Crippen LogP contribution is 2.20. The van der Waals surface area contributed by atoms with Gasteiger partial charge in [0.15, 0.2) is 0 Å². The Morgan fingerprint density at radius 2 is 2.11 bits per heavy atom. The van der Waals surface area contributed by atoms with Crippen LogP contribution in [0.25, 0.3) is 0 Å². The van der Waals surface area contributed by atoms with Crippen LogP contribution in [0.2, 0.25) is 5.02 Å². The van der Waals surface area contributed by atoms with Crippen LogP contribution in [-0.2, 0) is 0 Å². The van der Waals surface area contributed by atoms with Crippen molar-refractivity contribution >= 4 is 23.2 Å². The van der Waals surface area contributed by atoms with Gasteiger partial charge in [0.1, 0.15) is 0 Å². The minimum absolute atomic E-state index is 0.0781. The molecule has 0 fully saturated rings. The average Bonchev–Trinajstić information content (AvgIpc) is 2.34. The summed E-state index contributed by atoms with van der Waals surface area (Å²) in [6, 6.07) is 5.26. The number of amides is 1. The van der Waals surface area contributed by atoms with Crippen molar-refractivity contribution in [3.05, 3.63) is 28.8 Å². The van der Waals surface area contributed by atoms with Gasteiger partial charge in [0.25, 0.3) is 5.91 Å². The molecule has 3 nitrogen and oxygen atoms in total. The molecule has 1 aromatic carbocycles. The topological polar surface area (TPSA) is 41.1 Å². The molecular formula is C14H21ClN2O. The van der Waals surface area contributed by atoms with E-state index in [-0.39, 0.29) is 5.91 Å². The largest absolute Gasteiger partial charge is 0.387 e. The van der Waals surface area contributed by atoms with Gasteiger partial charge in [0, 0.05) is 24.3 Å². The predicted octanol–water partition coefficient (Wildman–Crippen LogP) is 3.55. The summed E-state index contributed by atoms with van der Waals surface area (Å²) >= 11 is 5.91. The molecule has 4 heteroatoms. The minimum Gasteiger partial charge on any atom is -0.387 e. The molecule has 0 aliphatic carbocycles. The van der Waals surface area contributed by atoms with Gasteiger partial charge < -0.3 is 10.6 Å². The molecule has 0 aromatic heterocycles. The summed E-state index contributed by atoms with van der Waals surface area (Å²) in [6.07, 6.45) is 2.12. The summed E-state index contributed by atoms with van der Waals surface area (Å²) in [5.74, 6) is 0.589. The summed E-state index contributed by atoms with van der Waals surface area (Å²) < 4.78 is 0. The minimum atomic E-state index is -0.0781. The van der Waals surface area contributed by atoms with E-state index in [2.05, 4.69) is 24.5 Å². The fraction of sp³-hybridized carbons (Fsp3) is 0.500. The van der Waals surface area contributed by atoms with E-state index in [1.807, 2.05) is 6.07 Å². The molecule has 1 aromatic rings. The zero-order valence-electron chi connectivity index (χ0n) is 11.2. The van der Waals surface area contributed by atoms with Gasteiger partial charge in [-0.3, -0.25) is 4.79 Å². The Labute approximate surface area is 114 Å². The molecule has 0 heterocycles. The van der Waals surface area contributed by atoms with E-state index in [4.69, 9.17) is 11.6 Å². The summed E-state index contributed by atoms with van der Waals surface area (Å²) in [7, 11) is 1.79. The van der Waals surface area contributed by atoms with E-state index < -0.39 is 0 Å². The van der Waals surface area contributed by atoms with Gasteiger partial charge in [-0.1, -0.05) is 25.4 Å². The summed E-state index contributed by atoms with van der Waals surface area (Å²) in [5, 5.41) is 6.48. The standard InChI is InChI=1S/C14H21ClN2O/c1-10(2)5-4-8-17-14(18)12-9-11(15)6-7-13(12)16-3/h6-7,9-10,16H,4-5,8H2,1-3H3,(H,17,18). The lowest BCUT2D eigenvalue weighted by molar-refractivity contribution is 0.0953. The van der Waals surface area contributed by atoms with Gasteiger partial charge in [-0.15, -0.1) is 0 Å². The molecule has 0 spiro atoms. The monoisotopic (exact) mass is 268 g/mol. The lowest BCUT2D eigenvalue weighted by Crippen LogP contribution is -2.25. The number of hydrogen-bond acceptors (Lipinski definition) is 2. The fourth-order valence-corrected chi connectivity index (χ4v) is 1.90. The molecular weight excluding hydrogens is 248 g/mol. The van der Waals surface area contributed by atoms with E-state index in [1.54, 1.807) is 19.2 Å². The third-order valence-corrected chi connectivity index (χ3v) is 2.97. The van der Waals surface area contributed by atoms with Crippen LogP contribution >= 0.6 is 11.6 Å². The van der Waals surface area contributed by atoms with Crippen molar-refractivity contribution in [1.29, 1.82) is 0 Å². The number of rotatable bonds is 6. The zero-order valence-corrected chi connectivity index (χ0v) is 12.0. The van der Waals surface area contributed by atoms with Gasteiger partial charge in [0.2, 0.25) is 0 Å². The van der Waals surface area contributed by atoms with Crippen molar-refractivity contribution in [2.75, 3.05) is 18.9 Å². The Balaban J connectivity index is 2.58. The molecule has 18 heavy (non-hydrogen) atoms. The van der Waals surface area contributed by atoms with Gasteiger partial charge in [-0.05, 0) is 37.0 Å². The Bertz CT molecular complexity index is 405. The normalized spacial score (nSPS) is 10.5. The van der Waals surface area contributed by atoms with Crippen LogP contribution in [0.3, 0.4) is 0 Å². The number of carbonyl (C=O) groups is 1. The SMILES string of the molecule is CNc1ccc(Cl)cc1C(=O)NCCCC(C)C. The average molecular weight is 269 g/mol. The molecule has 0 saturated heterocycles. The highest BCUT2D eigenvalue weighted by atomic mass is 35.5. The smallest absolute Gasteiger partial charge is 0.253 e. The van der Waals surface area contributed by atoms with E-state index in [9.17, 15) is 4.79 Å². The number of anilines is 1. The lowest BCUT2D eigenvalue weighted by atomic mass is 10.1. The first-order chi connectivity index (χ1) is 8.54. The van der Waals surface area contributed by atoms with Crippen molar-refractivity contribution < 1.29 is 4.79 Å². The molecule has 0 aliphatic rings. The van der Waals surface area contributed by atoms with Crippen molar-refractivity contribution in [2.24, 2.45) is 5.92 Å². The zero-order chi connectivity index (χ0) is 13.5. The second-order valence-corrected chi connectivity index (χ2v) is 5.17. The Morgan fingerprint density at radius 3 is 2.72 bits per heavy atom. The summed E-state index contributed by atoms with van der Waals surface area (Å²) in [6.45, 7) is 5.06. The van der Waals surface area contributed by atoms with Crippen molar-refractivity contribution in [2.45, 2.75) is 26.7 Å². The first kappa shape index (κ1) is 14.8. The van der Waals surface area contributed by atoms with Gasteiger partial charge in [-0.2, -0.15) is 0 Å². The second-order valence-electron chi connectivity index (χ2n) is 4.73. The van der Waals surface area contributed by atoms with Crippen LogP contribution in [0.4, 0.5) is 5.69 Å². The van der Waals surface area contributed by atoms with Crippen molar-refractivity contribution in [3.63, 3.8) is 0 Å². The molecule has 1 rings (SSSR count). The maximum Gasteiger partial charge on any atom is 0.253 e. The van der Waals surface area contributed by atoms with Gasteiger partial charge in [0.05, 0.1) is 5.56 Å². The van der Waals surface area contributed by atoms with Crippen LogP contribution in [0.15, 0.2) is 18.2 Å². The first-order valence-electron chi connectivity index (χ1n) is 6.30. The number of carbonyl (C=O) groups excluding carboxylic acids is 1. The molecule has 0 unspecified atom stereocenters. The van der Waals surface area contributed by atoms with Crippen LogP contribution in [-0.4, -0.2) is 19.5 Å². The van der Waals surface area contributed by atoms with Crippen molar-refractivity contribution in [1.82, 2.24) is 5.32 Å². The Morgan fingerprint density at radius 1 is 1.39 bits per heavy atom. The Kier molecular flexibility index (Phi) is 5.99. The highest BCUT2D eigenvalue weighted by molar-refractivity contribution is 6.31. The number of halogens is 1. The number of hydrogen-bond donors (Lipinski definition) is 2. The van der Waals surface area contributed by atoms with Crippen LogP contribution in [0, 0.1) is 5.92 Å². The summed E-state index contributed by atoms with van der Waals surface area (Å²) in [5.41, 5.74) is 1.38. The predicted molar refractivity (Wildman–Crippen MR) is 77.4 cm³/mol. The van der Waals surface area contributed by atoms with Gasteiger partial charge in [-0.25, -0.2) is 0 Å². The van der Waals surface area contributed by atoms with Crippen LogP contribution < -0.4 is 10.6 Å². The van der Waals surface area contributed by atoms with E-state index in [0.29, 0.717) is 23.0 Å². The number of benzene rings is 1. The first-order valence-corrected chi connectivity index (χ1v) is 6.68. The quantitative estimate of drug-likeness (QED) is 0.775. The molecule has 0 bridgehead atoms. The molecule has 2 N–H and O–H groups in total. The maximum absolute atomic E-state index is 12.0. The third-order valence-electron chi connectivity index (χ3n) is 2.74. The molecule has 0 atom stereocenters. The molecule has 0 radical (unpaired) electrons. The molecule has 0 aliphatic heterocycles. The molecule has 0 saturated carbocycles. The summed E-state index contributed by atoms with van der Waals surface area (Å²) in [4.78, 5) is 12.0. The lowest BCUT2D eigenvalue weighted by Gasteiger charge is -2.10. The van der Waals surface area contributed by atoms with E-state index in [0.717, 1.165) is 18.5 Å². The second kappa shape index (κ2) is 7.27.